The Morgan fingerprint density at radius 3 is 3.14 bits per heavy atom. The Morgan fingerprint density at radius 1 is 1.45 bits per heavy atom. The summed E-state index contributed by atoms with van der Waals surface area (Å²) in [4.78, 5) is 6.61. The zero-order valence-corrected chi connectivity index (χ0v) is 13.2. The molecule has 4 heteroatoms. The Kier molecular flexibility index (Phi) is 5.24. The molecule has 2 heterocycles. The smallest absolute Gasteiger partial charge is 0.0859 e. The lowest BCUT2D eigenvalue weighted by Gasteiger charge is -2.44. The van der Waals surface area contributed by atoms with E-state index in [1.807, 2.05) is 18.5 Å². The Labute approximate surface area is 133 Å². The lowest BCUT2D eigenvalue weighted by Crippen LogP contribution is -2.54. The largest absolute Gasteiger partial charge is 0.377 e. The molecule has 1 saturated heterocycles. The third-order valence-electron chi connectivity index (χ3n) is 4.90. The lowest BCUT2D eigenvalue weighted by atomic mass is 9.89. The fourth-order valence-corrected chi connectivity index (χ4v) is 3.80. The van der Waals surface area contributed by atoms with E-state index in [2.05, 4.69) is 28.6 Å². The van der Waals surface area contributed by atoms with Crippen molar-refractivity contribution < 1.29 is 9.47 Å². The van der Waals surface area contributed by atoms with Crippen LogP contribution in [0.1, 0.15) is 24.8 Å². The van der Waals surface area contributed by atoms with Crippen molar-refractivity contribution in [3.8, 4) is 0 Å². The van der Waals surface area contributed by atoms with Gasteiger partial charge in [0.2, 0.25) is 0 Å². The maximum Gasteiger partial charge on any atom is 0.0859 e. The lowest BCUT2D eigenvalue weighted by molar-refractivity contribution is -0.142. The summed E-state index contributed by atoms with van der Waals surface area (Å²) in [5.74, 6) is 0.507. The minimum atomic E-state index is -0.00749. The molecule has 1 saturated carbocycles. The van der Waals surface area contributed by atoms with Crippen LogP contribution in [0.5, 0.6) is 0 Å². The summed E-state index contributed by atoms with van der Waals surface area (Å²) >= 11 is 0. The highest BCUT2D eigenvalue weighted by Crippen LogP contribution is 2.41. The van der Waals surface area contributed by atoms with E-state index >= 15 is 0 Å². The molecule has 1 aliphatic heterocycles. The van der Waals surface area contributed by atoms with Crippen LogP contribution in [0.15, 0.2) is 37.2 Å². The molecule has 120 valence electrons. The Morgan fingerprint density at radius 2 is 2.32 bits per heavy atom. The van der Waals surface area contributed by atoms with Gasteiger partial charge < -0.3 is 9.47 Å². The molecule has 2 fully saturated rings. The predicted molar refractivity (Wildman–Crippen MR) is 86.6 cm³/mol. The summed E-state index contributed by atoms with van der Waals surface area (Å²) in [5.41, 5.74) is 1.32. The first-order valence-electron chi connectivity index (χ1n) is 8.26. The average Bonchev–Trinajstić information content (AvgIpc) is 2.91. The molecule has 0 amide bonds. The van der Waals surface area contributed by atoms with Gasteiger partial charge in [-0.05, 0) is 30.5 Å². The molecule has 1 spiro atoms. The number of morpholine rings is 1. The van der Waals surface area contributed by atoms with Crippen molar-refractivity contribution in [2.45, 2.75) is 31.4 Å². The van der Waals surface area contributed by atoms with E-state index in [1.54, 1.807) is 0 Å². The minimum Gasteiger partial charge on any atom is -0.377 e. The van der Waals surface area contributed by atoms with Gasteiger partial charge in [0.15, 0.2) is 0 Å². The number of pyridine rings is 1. The number of ether oxygens (including phenoxy) is 2. The molecule has 22 heavy (non-hydrogen) atoms. The highest BCUT2D eigenvalue weighted by molar-refractivity contribution is 5.10. The maximum absolute atomic E-state index is 6.28. The van der Waals surface area contributed by atoms with Crippen LogP contribution < -0.4 is 0 Å². The molecule has 1 aromatic heterocycles. The van der Waals surface area contributed by atoms with Gasteiger partial charge >= 0.3 is 0 Å². The minimum absolute atomic E-state index is 0.00749. The molecule has 2 aliphatic rings. The van der Waals surface area contributed by atoms with E-state index < -0.39 is 0 Å². The van der Waals surface area contributed by atoms with Gasteiger partial charge in [0.25, 0.3) is 0 Å². The summed E-state index contributed by atoms with van der Waals surface area (Å²) < 4.78 is 12.0. The normalized spacial score (nSPS) is 29.0. The Bertz CT molecular complexity index is 479. The Hall–Kier alpha value is -1.23. The van der Waals surface area contributed by atoms with Crippen molar-refractivity contribution in [1.82, 2.24) is 9.88 Å². The first-order valence-corrected chi connectivity index (χ1v) is 8.26. The van der Waals surface area contributed by atoms with Crippen LogP contribution in [-0.2, 0) is 16.0 Å². The SMILES string of the molecule is C=CCOC[C@@H]1CCC[C@@]12CN(Cc1ccncc1)CCO2. The first-order chi connectivity index (χ1) is 10.8. The summed E-state index contributed by atoms with van der Waals surface area (Å²) in [6.07, 6.45) is 9.16. The summed E-state index contributed by atoms with van der Waals surface area (Å²) in [6, 6.07) is 4.20. The number of aromatic nitrogens is 1. The van der Waals surface area contributed by atoms with Gasteiger partial charge in [-0.2, -0.15) is 0 Å². The monoisotopic (exact) mass is 302 g/mol. The van der Waals surface area contributed by atoms with E-state index in [1.165, 1.54) is 18.4 Å². The van der Waals surface area contributed by atoms with Crippen LogP contribution in [0.3, 0.4) is 0 Å². The quantitative estimate of drug-likeness (QED) is 0.598. The molecule has 1 aliphatic carbocycles. The summed E-state index contributed by atoms with van der Waals surface area (Å²) in [6.45, 7) is 8.96. The molecule has 0 radical (unpaired) electrons. The summed E-state index contributed by atoms with van der Waals surface area (Å²) in [7, 11) is 0. The molecule has 4 nitrogen and oxygen atoms in total. The van der Waals surface area contributed by atoms with Crippen molar-refractivity contribution >= 4 is 0 Å². The fraction of sp³-hybridized carbons (Fsp3) is 0.611. The van der Waals surface area contributed by atoms with Gasteiger partial charge in [-0.3, -0.25) is 9.88 Å². The van der Waals surface area contributed by atoms with Crippen LogP contribution in [0.25, 0.3) is 0 Å². The van der Waals surface area contributed by atoms with Crippen LogP contribution in [0, 0.1) is 5.92 Å². The van der Waals surface area contributed by atoms with E-state index in [9.17, 15) is 0 Å². The van der Waals surface area contributed by atoms with Gasteiger partial charge in [0.1, 0.15) is 0 Å². The van der Waals surface area contributed by atoms with E-state index in [-0.39, 0.29) is 5.60 Å². The van der Waals surface area contributed by atoms with E-state index in [0.717, 1.165) is 39.3 Å². The summed E-state index contributed by atoms with van der Waals surface area (Å²) in [5, 5.41) is 0. The Balaban J connectivity index is 1.62. The van der Waals surface area contributed by atoms with Crippen molar-refractivity contribution in [2.75, 3.05) is 32.9 Å². The average molecular weight is 302 g/mol. The topological polar surface area (TPSA) is 34.6 Å². The zero-order valence-electron chi connectivity index (χ0n) is 13.2. The van der Waals surface area contributed by atoms with Crippen LogP contribution in [0.2, 0.25) is 0 Å². The number of hydrogen-bond donors (Lipinski definition) is 0. The first kappa shape index (κ1) is 15.7. The molecule has 0 bridgehead atoms. The molecule has 0 aromatic carbocycles. The standard InChI is InChI=1S/C18H26N2O2/c1-2-11-21-14-17-4-3-7-18(17)15-20(10-12-22-18)13-16-5-8-19-9-6-16/h2,5-6,8-9,17H,1,3-4,7,10-15H2/t17-,18+/m0/s1. The van der Waals surface area contributed by atoms with Gasteiger partial charge in [-0.25, -0.2) is 0 Å². The molecule has 0 unspecified atom stereocenters. The molecular weight excluding hydrogens is 276 g/mol. The van der Waals surface area contributed by atoms with Crippen LogP contribution >= 0.6 is 0 Å². The number of nitrogens with zero attached hydrogens (tertiary/aromatic N) is 2. The van der Waals surface area contributed by atoms with Crippen LogP contribution in [0.4, 0.5) is 0 Å². The van der Waals surface area contributed by atoms with Crippen LogP contribution in [-0.4, -0.2) is 48.4 Å². The molecular formula is C18H26N2O2. The molecule has 3 rings (SSSR count). The second kappa shape index (κ2) is 7.36. The van der Waals surface area contributed by atoms with Crippen molar-refractivity contribution in [1.29, 1.82) is 0 Å². The van der Waals surface area contributed by atoms with E-state index in [0.29, 0.717) is 12.5 Å². The van der Waals surface area contributed by atoms with Crippen molar-refractivity contribution in [3.05, 3.63) is 42.7 Å². The van der Waals surface area contributed by atoms with Crippen molar-refractivity contribution in [2.24, 2.45) is 5.92 Å². The number of hydrogen-bond acceptors (Lipinski definition) is 4. The van der Waals surface area contributed by atoms with E-state index in [4.69, 9.17) is 9.47 Å². The van der Waals surface area contributed by atoms with Gasteiger partial charge in [-0.15, -0.1) is 6.58 Å². The number of rotatable bonds is 6. The molecule has 1 aromatic rings. The maximum atomic E-state index is 6.28. The predicted octanol–water partition coefficient (Wildman–Crippen LogP) is 2.66. The molecule has 2 atom stereocenters. The third-order valence-corrected chi connectivity index (χ3v) is 4.90. The fourth-order valence-electron chi connectivity index (χ4n) is 3.80. The zero-order chi connectivity index (χ0) is 15.3. The van der Waals surface area contributed by atoms with Gasteiger partial charge in [0, 0.05) is 37.9 Å². The second-order valence-corrected chi connectivity index (χ2v) is 6.39. The van der Waals surface area contributed by atoms with Gasteiger partial charge in [-0.1, -0.05) is 12.5 Å². The second-order valence-electron chi connectivity index (χ2n) is 6.39. The van der Waals surface area contributed by atoms with Gasteiger partial charge in [0.05, 0.1) is 25.4 Å². The van der Waals surface area contributed by atoms with Crippen molar-refractivity contribution in [3.63, 3.8) is 0 Å². The molecule has 0 N–H and O–H groups in total. The highest BCUT2D eigenvalue weighted by Gasteiger charge is 2.46. The third kappa shape index (κ3) is 3.57. The highest BCUT2D eigenvalue weighted by atomic mass is 16.5.